The number of ether oxygens (including phenoxy) is 1. The van der Waals surface area contributed by atoms with E-state index in [2.05, 4.69) is 15.3 Å². The summed E-state index contributed by atoms with van der Waals surface area (Å²) in [6, 6.07) is 8.94. The Morgan fingerprint density at radius 1 is 1.38 bits per heavy atom. The third-order valence-electron chi connectivity index (χ3n) is 2.59. The van der Waals surface area contributed by atoms with Gasteiger partial charge in [0.2, 0.25) is 0 Å². The minimum atomic E-state index is -0.157. The average Bonchev–Trinajstić information content (AvgIpc) is 2.45. The third kappa shape index (κ3) is 4.45. The highest BCUT2D eigenvalue weighted by Gasteiger charge is 2.06. The van der Waals surface area contributed by atoms with Crippen molar-refractivity contribution in [2.75, 3.05) is 12.3 Å². The lowest BCUT2D eigenvalue weighted by atomic mass is 10.2. The van der Waals surface area contributed by atoms with Gasteiger partial charge >= 0.3 is 0 Å². The van der Waals surface area contributed by atoms with E-state index in [1.54, 1.807) is 24.4 Å². The van der Waals surface area contributed by atoms with Crippen molar-refractivity contribution in [1.82, 2.24) is 15.3 Å². The minimum absolute atomic E-state index is 0.0284. The number of hydrogen-bond acceptors (Lipinski definition) is 5. The number of anilines is 1. The van der Waals surface area contributed by atoms with Crippen molar-refractivity contribution >= 4 is 11.7 Å². The summed E-state index contributed by atoms with van der Waals surface area (Å²) in [6.45, 7) is 3.77. The fourth-order valence-corrected chi connectivity index (χ4v) is 1.75. The molecule has 110 valence electrons. The highest BCUT2D eigenvalue weighted by atomic mass is 16.5. The van der Waals surface area contributed by atoms with Crippen molar-refractivity contribution in [1.29, 1.82) is 0 Å². The first-order valence-corrected chi connectivity index (χ1v) is 6.65. The number of carbonyl (C=O) groups excluding carboxylic acids is 1. The predicted octanol–water partition coefficient (Wildman–Crippen LogP) is 1.63. The molecule has 6 heteroatoms. The van der Waals surface area contributed by atoms with Crippen LogP contribution in [0.2, 0.25) is 0 Å². The Morgan fingerprint density at radius 2 is 2.19 bits per heavy atom. The smallest absolute Gasteiger partial charge is 0.258 e. The number of carbonyl (C=O) groups is 1. The minimum Gasteiger partial charge on any atom is -0.484 e. The fraction of sp³-hybridized carbons (Fsp3) is 0.267. The predicted molar refractivity (Wildman–Crippen MR) is 80.7 cm³/mol. The van der Waals surface area contributed by atoms with Crippen molar-refractivity contribution in [2.45, 2.75) is 19.9 Å². The molecule has 0 unspecified atom stereocenters. The van der Waals surface area contributed by atoms with Crippen molar-refractivity contribution in [3.8, 4) is 17.1 Å². The maximum atomic E-state index is 11.5. The van der Waals surface area contributed by atoms with E-state index in [4.69, 9.17) is 10.5 Å². The van der Waals surface area contributed by atoms with Crippen LogP contribution in [-0.4, -0.2) is 28.5 Å². The number of nitrogen functional groups attached to an aromatic ring is 1. The number of amides is 1. The lowest BCUT2D eigenvalue weighted by Gasteiger charge is -2.10. The molecule has 0 aliphatic rings. The van der Waals surface area contributed by atoms with Crippen LogP contribution in [0.5, 0.6) is 5.75 Å². The second-order valence-electron chi connectivity index (χ2n) is 4.84. The first-order valence-electron chi connectivity index (χ1n) is 6.65. The quantitative estimate of drug-likeness (QED) is 0.872. The van der Waals surface area contributed by atoms with E-state index in [0.717, 1.165) is 5.56 Å². The molecule has 0 spiro atoms. The van der Waals surface area contributed by atoms with Crippen molar-refractivity contribution < 1.29 is 9.53 Å². The monoisotopic (exact) mass is 286 g/mol. The van der Waals surface area contributed by atoms with E-state index in [-0.39, 0.29) is 18.6 Å². The molecule has 0 radical (unpaired) electrons. The number of nitrogens with two attached hydrogens (primary N) is 1. The Kier molecular flexibility index (Phi) is 4.71. The number of aromatic nitrogens is 2. The van der Waals surface area contributed by atoms with E-state index in [1.807, 2.05) is 26.0 Å². The lowest BCUT2D eigenvalue weighted by molar-refractivity contribution is -0.123. The van der Waals surface area contributed by atoms with Gasteiger partial charge in [-0.3, -0.25) is 4.79 Å². The van der Waals surface area contributed by atoms with Gasteiger partial charge in [0, 0.05) is 17.8 Å². The number of rotatable bonds is 5. The standard InChI is InChI=1S/C15H18N4O2/c1-10(2)18-14(20)9-21-12-5-3-4-11(8-12)15-17-7-6-13(16)19-15/h3-8,10H,9H2,1-2H3,(H,18,20)(H2,16,17,19). The fourth-order valence-electron chi connectivity index (χ4n) is 1.75. The van der Waals surface area contributed by atoms with Crippen molar-refractivity contribution in [2.24, 2.45) is 0 Å². The van der Waals surface area contributed by atoms with Gasteiger partial charge in [-0.15, -0.1) is 0 Å². The molecule has 0 atom stereocenters. The number of hydrogen-bond donors (Lipinski definition) is 2. The molecule has 6 nitrogen and oxygen atoms in total. The van der Waals surface area contributed by atoms with Gasteiger partial charge in [0.1, 0.15) is 11.6 Å². The van der Waals surface area contributed by atoms with Gasteiger partial charge in [-0.05, 0) is 32.0 Å². The van der Waals surface area contributed by atoms with Gasteiger partial charge in [0.15, 0.2) is 12.4 Å². The van der Waals surface area contributed by atoms with E-state index in [9.17, 15) is 4.79 Å². The Morgan fingerprint density at radius 3 is 2.90 bits per heavy atom. The summed E-state index contributed by atoms with van der Waals surface area (Å²) < 4.78 is 5.46. The molecule has 0 aliphatic carbocycles. The topological polar surface area (TPSA) is 90.1 Å². The third-order valence-corrected chi connectivity index (χ3v) is 2.59. The van der Waals surface area contributed by atoms with Gasteiger partial charge < -0.3 is 15.8 Å². The van der Waals surface area contributed by atoms with Gasteiger partial charge in [-0.1, -0.05) is 12.1 Å². The molecule has 3 N–H and O–H groups in total. The summed E-state index contributed by atoms with van der Waals surface area (Å²) in [7, 11) is 0. The maximum Gasteiger partial charge on any atom is 0.258 e. The maximum absolute atomic E-state index is 11.5. The number of benzene rings is 1. The molecule has 1 aromatic carbocycles. The Balaban J connectivity index is 2.06. The first-order chi connectivity index (χ1) is 10.0. The summed E-state index contributed by atoms with van der Waals surface area (Å²) in [5, 5.41) is 2.76. The van der Waals surface area contributed by atoms with Crippen LogP contribution in [0, 0.1) is 0 Å². The van der Waals surface area contributed by atoms with Crippen LogP contribution in [0.15, 0.2) is 36.5 Å². The Hall–Kier alpha value is -2.63. The normalized spacial score (nSPS) is 10.4. The van der Waals surface area contributed by atoms with Gasteiger partial charge in [0.05, 0.1) is 0 Å². The molecular weight excluding hydrogens is 268 g/mol. The van der Waals surface area contributed by atoms with E-state index >= 15 is 0 Å². The SMILES string of the molecule is CC(C)NC(=O)COc1cccc(-c2nccc(N)n2)c1. The van der Waals surface area contributed by atoms with Gasteiger partial charge in [-0.25, -0.2) is 9.97 Å². The number of nitrogens with one attached hydrogen (secondary N) is 1. The summed E-state index contributed by atoms with van der Waals surface area (Å²) in [4.78, 5) is 19.9. The molecule has 21 heavy (non-hydrogen) atoms. The first kappa shape index (κ1) is 14.8. The molecule has 0 aliphatic heterocycles. The van der Waals surface area contributed by atoms with Crippen LogP contribution in [0.4, 0.5) is 5.82 Å². The van der Waals surface area contributed by atoms with Crippen LogP contribution in [0.1, 0.15) is 13.8 Å². The summed E-state index contributed by atoms with van der Waals surface area (Å²) >= 11 is 0. The van der Waals surface area contributed by atoms with E-state index < -0.39 is 0 Å². The Labute approximate surface area is 123 Å². The Bertz CT molecular complexity index is 629. The molecular formula is C15H18N4O2. The second-order valence-corrected chi connectivity index (χ2v) is 4.84. The molecule has 2 aromatic rings. The van der Waals surface area contributed by atoms with Crippen LogP contribution >= 0.6 is 0 Å². The highest BCUT2D eigenvalue weighted by Crippen LogP contribution is 2.21. The zero-order valence-corrected chi connectivity index (χ0v) is 12.0. The summed E-state index contributed by atoms with van der Waals surface area (Å²) in [5.74, 6) is 1.35. The van der Waals surface area contributed by atoms with Crippen LogP contribution in [-0.2, 0) is 4.79 Å². The zero-order chi connectivity index (χ0) is 15.2. The highest BCUT2D eigenvalue weighted by molar-refractivity contribution is 5.77. The largest absolute Gasteiger partial charge is 0.484 e. The van der Waals surface area contributed by atoms with Crippen molar-refractivity contribution in [3.05, 3.63) is 36.5 Å². The molecule has 1 aromatic heterocycles. The summed E-state index contributed by atoms with van der Waals surface area (Å²) in [5.41, 5.74) is 6.42. The molecule has 1 amide bonds. The van der Waals surface area contributed by atoms with Gasteiger partial charge in [0.25, 0.3) is 5.91 Å². The van der Waals surface area contributed by atoms with Crippen molar-refractivity contribution in [3.63, 3.8) is 0 Å². The molecule has 2 rings (SSSR count). The van der Waals surface area contributed by atoms with E-state index in [1.165, 1.54) is 0 Å². The van der Waals surface area contributed by atoms with Gasteiger partial charge in [-0.2, -0.15) is 0 Å². The molecule has 0 saturated heterocycles. The molecule has 0 saturated carbocycles. The van der Waals surface area contributed by atoms with Crippen LogP contribution in [0.25, 0.3) is 11.4 Å². The average molecular weight is 286 g/mol. The van der Waals surface area contributed by atoms with Crippen LogP contribution in [0.3, 0.4) is 0 Å². The summed E-state index contributed by atoms with van der Waals surface area (Å²) in [6.07, 6.45) is 1.60. The second kappa shape index (κ2) is 6.69. The van der Waals surface area contributed by atoms with Crippen LogP contribution < -0.4 is 15.8 Å². The lowest BCUT2D eigenvalue weighted by Crippen LogP contribution is -2.34. The number of nitrogens with zero attached hydrogens (tertiary/aromatic N) is 2. The molecule has 0 bridgehead atoms. The van der Waals surface area contributed by atoms with E-state index in [0.29, 0.717) is 17.4 Å². The molecule has 0 fully saturated rings. The zero-order valence-electron chi connectivity index (χ0n) is 12.0. The molecule has 1 heterocycles.